The Balaban J connectivity index is 1.60. The average molecular weight is 512 g/mol. The van der Waals surface area contributed by atoms with E-state index in [9.17, 15) is 9.59 Å². The molecule has 1 amide bonds. The number of likely N-dealkylation sites (tertiary alicyclic amines) is 1. The van der Waals surface area contributed by atoms with Crippen molar-refractivity contribution in [3.63, 3.8) is 0 Å². The van der Waals surface area contributed by atoms with Crippen molar-refractivity contribution in [3.05, 3.63) is 50.6 Å². The SMILES string of the molecule is Cc1ccc(-n2c(S[C@@H](C)C(=O)N3CCCCC3)nc3sc4c(c3c2=O)C[C@H](C(C)C)OC4)cc1. The van der Waals surface area contributed by atoms with Crippen LogP contribution in [0.15, 0.2) is 34.2 Å². The highest BCUT2D eigenvalue weighted by Gasteiger charge is 2.30. The summed E-state index contributed by atoms with van der Waals surface area (Å²) >= 11 is 2.94. The second kappa shape index (κ2) is 10.1. The van der Waals surface area contributed by atoms with E-state index in [0.717, 1.165) is 58.9 Å². The Kier molecular flexibility index (Phi) is 7.06. The molecule has 5 rings (SSSR count). The number of aryl methyl sites for hydroxylation is 1. The summed E-state index contributed by atoms with van der Waals surface area (Å²) in [6.45, 7) is 10.4. The molecule has 6 nitrogen and oxygen atoms in total. The first kappa shape index (κ1) is 24.5. The lowest BCUT2D eigenvalue weighted by molar-refractivity contribution is -0.131. The normalized spacial score (nSPS) is 19.2. The van der Waals surface area contributed by atoms with Crippen LogP contribution in [0.25, 0.3) is 15.9 Å². The summed E-state index contributed by atoms with van der Waals surface area (Å²) in [5.41, 5.74) is 2.94. The van der Waals surface area contributed by atoms with Gasteiger partial charge in [0.05, 0.1) is 29.0 Å². The van der Waals surface area contributed by atoms with Crippen LogP contribution in [-0.2, 0) is 22.6 Å². The van der Waals surface area contributed by atoms with E-state index in [1.807, 2.05) is 43.0 Å². The lowest BCUT2D eigenvalue weighted by Crippen LogP contribution is -2.40. The third kappa shape index (κ3) is 4.80. The first-order chi connectivity index (χ1) is 16.8. The molecule has 1 aromatic carbocycles. The summed E-state index contributed by atoms with van der Waals surface area (Å²) in [6.07, 6.45) is 4.13. The van der Waals surface area contributed by atoms with Gasteiger partial charge in [-0.15, -0.1) is 11.3 Å². The first-order valence-corrected chi connectivity index (χ1v) is 14.2. The zero-order valence-corrected chi connectivity index (χ0v) is 22.5. The number of piperidine rings is 1. The van der Waals surface area contributed by atoms with Gasteiger partial charge in [-0.2, -0.15) is 0 Å². The predicted molar refractivity (Wildman–Crippen MR) is 143 cm³/mol. The maximum absolute atomic E-state index is 14.1. The van der Waals surface area contributed by atoms with Crippen molar-refractivity contribution in [3.8, 4) is 5.69 Å². The zero-order valence-electron chi connectivity index (χ0n) is 20.9. The Morgan fingerprint density at radius 1 is 1.14 bits per heavy atom. The van der Waals surface area contributed by atoms with Crippen LogP contribution in [0.3, 0.4) is 0 Å². The fourth-order valence-electron chi connectivity index (χ4n) is 4.92. The maximum Gasteiger partial charge on any atom is 0.267 e. The number of hydrogen-bond acceptors (Lipinski definition) is 6. The van der Waals surface area contributed by atoms with E-state index in [0.29, 0.717) is 23.1 Å². The van der Waals surface area contributed by atoms with Crippen molar-refractivity contribution in [2.75, 3.05) is 13.1 Å². The van der Waals surface area contributed by atoms with Crippen molar-refractivity contribution in [1.29, 1.82) is 0 Å². The van der Waals surface area contributed by atoms with Crippen LogP contribution in [0.2, 0.25) is 0 Å². The van der Waals surface area contributed by atoms with Gasteiger partial charge in [-0.05, 0) is 56.7 Å². The number of fused-ring (bicyclic) bond motifs is 3. The van der Waals surface area contributed by atoms with Crippen LogP contribution in [0, 0.1) is 12.8 Å². The Labute approximate surface area is 214 Å². The van der Waals surface area contributed by atoms with Gasteiger partial charge in [0.1, 0.15) is 4.83 Å². The van der Waals surface area contributed by atoms with E-state index in [-0.39, 0.29) is 22.8 Å². The molecule has 0 radical (unpaired) electrons. The number of rotatable bonds is 5. The third-order valence-electron chi connectivity index (χ3n) is 7.04. The van der Waals surface area contributed by atoms with Gasteiger partial charge >= 0.3 is 0 Å². The summed E-state index contributed by atoms with van der Waals surface area (Å²) in [6, 6.07) is 7.94. The molecular weight excluding hydrogens is 478 g/mol. The second-order valence-corrected chi connectivity index (χ2v) is 12.4. The van der Waals surface area contributed by atoms with Gasteiger partial charge in [0, 0.05) is 24.4 Å². The molecular formula is C27H33N3O3S2. The van der Waals surface area contributed by atoms with Crippen LogP contribution in [0.4, 0.5) is 0 Å². The van der Waals surface area contributed by atoms with Crippen molar-refractivity contribution in [2.24, 2.45) is 5.92 Å². The van der Waals surface area contributed by atoms with Crippen molar-refractivity contribution < 1.29 is 9.53 Å². The van der Waals surface area contributed by atoms with E-state index in [2.05, 4.69) is 13.8 Å². The molecule has 1 fully saturated rings. The van der Waals surface area contributed by atoms with E-state index >= 15 is 0 Å². The number of aromatic nitrogens is 2. The Morgan fingerprint density at radius 3 is 2.54 bits per heavy atom. The van der Waals surface area contributed by atoms with Gasteiger partial charge in [0.25, 0.3) is 5.56 Å². The molecule has 0 N–H and O–H groups in total. The predicted octanol–water partition coefficient (Wildman–Crippen LogP) is 5.35. The van der Waals surface area contributed by atoms with Gasteiger partial charge < -0.3 is 9.64 Å². The average Bonchev–Trinajstić information content (AvgIpc) is 3.23. The van der Waals surface area contributed by atoms with Gasteiger partial charge in [0.15, 0.2) is 5.16 Å². The Morgan fingerprint density at radius 2 is 1.86 bits per heavy atom. The number of benzene rings is 1. The minimum Gasteiger partial charge on any atom is -0.372 e. The number of carbonyl (C=O) groups excluding carboxylic acids is 1. The molecule has 0 bridgehead atoms. The van der Waals surface area contributed by atoms with Crippen molar-refractivity contribution in [1.82, 2.24) is 14.5 Å². The van der Waals surface area contributed by atoms with E-state index in [4.69, 9.17) is 9.72 Å². The molecule has 0 unspecified atom stereocenters. The number of carbonyl (C=O) groups is 1. The highest BCUT2D eigenvalue weighted by Crippen LogP contribution is 2.37. The second-order valence-electron chi connectivity index (χ2n) is 10.00. The number of hydrogen-bond donors (Lipinski definition) is 0. The smallest absolute Gasteiger partial charge is 0.267 e. The quantitative estimate of drug-likeness (QED) is 0.341. The van der Waals surface area contributed by atoms with Crippen LogP contribution in [0.5, 0.6) is 0 Å². The summed E-state index contributed by atoms with van der Waals surface area (Å²) in [5, 5.41) is 0.959. The molecule has 35 heavy (non-hydrogen) atoms. The maximum atomic E-state index is 14.1. The zero-order chi connectivity index (χ0) is 24.7. The highest BCUT2D eigenvalue weighted by atomic mass is 32.2. The monoisotopic (exact) mass is 511 g/mol. The van der Waals surface area contributed by atoms with Crippen LogP contribution < -0.4 is 5.56 Å². The van der Waals surface area contributed by atoms with E-state index in [1.165, 1.54) is 18.2 Å². The van der Waals surface area contributed by atoms with E-state index in [1.54, 1.807) is 15.9 Å². The number of thioether (sulfide) groups is 1. The lowest BCUT2D eigenvalue weighted by atomic mass is 9.96. The molecule has 2 aliphatic heterocycles. The number of ether oxygens (including phenoxy) is 1. The molecule has 2 aromatic heterocycles. The Hall–Kier alpha value is -2.16. The third-order valence-corrected chi connectivity index (χ3v) is 9.18. The van der Waals surface area contributed by atoms with Gasteiger partial charge in [-0.3, -0.25) is 14.2 Å². The lowest BCUT2D eigenvalue weighted by Gasteiger charge is -2.29. The molecule has 2 aliphatic rings. The molecule has 4 heterocycles. The standard InChI is InChI=1S/C27H33N3O3S2/c1-16(2)21-14-20-22(15-33-21)35-24-23(20)26(32)30(19-10-8-17(3)9-11-19)27(28-24)34-18(4)25(31)29-12-6-5-7-13-29/h8-11,16,18,21H,5-7,12-15H2,1-4H3/t18-,21+/m0/s1. The first-order valence-electron chi connectivity index (χ1n) is 12.5. The summed E-state index contributed by atoms with van der Waals surface area (Å²) in [5.74, 6) is 0.500. The number of thiophene rings is 1. The fraction of sp³-hybridized carbons (Fsp3) is 0.519. The van der Waals surface area contributed by atoms with Crippen LogP contribution in [0.1, 0.15) is 56.0 Å². The number of amides is 1. The molecule has 0 aliphatic carbocycles. The molecule has 3 aromatic rings. The molecule has 1 saturated heterocycles. The van der Waals surface area contributed by atoms with Crippen LogP contribution in [-0.4, -0.2) is 44.8 Å². The van der Waals surface area contributed by atoms with Crippen LogP contribution >= 0.6 is 23.1 Å². The fourth-order valence-corrected chi connectivity index (χ4v) is 7.09. The summed E-state index contributed by atoms with van der Waals surface area (Å²) in [4.78, 5) is 36.1. The summed E-state index contributed by atoms with van der Waals surface area (Å²) < 4.78 is 7.78. The van der Waals surface area contributed by atoms with Crippen molar-refractivity contribution in [2.45, 2.75) is 76.5 Å². The topological polar surface area (TPSA) is 64.4 Å². The molecule has 0 spiro atoms. The van der Waals surface area contributed by atoms with Crippen molar-refractivity contribution >= 4 is 39.2 Å². The largest absolute Gasteiger partial charge is 0.372 e. The minimum absolute atomic E-state index is 0.0547. The molecule has 186 valence electrons. The highest BCUT2D eigenvalue weighted by molar-refractivity contribution is 8.00. The number of nitrogens with zero attached hydrogens (tertiary/aromatic N) is 3. The Bertz CT molecular complexity index is 1290. The molecule has 0 saturated carbocycles. The van der Waals surface area contributed by atoms with Gasteiger partial charge in [-0.1, -0.05) is 43.3 Å². The summed E-state index contributed by atoms with van der Waals surface area (Å²) in [7, 11) is 0. The van der Waals surface area contributed by atoms with Gasteiger partial charge in [0.2, 0.25) is 5.91 Å². The van der Waals surface area contributed by atoms with E-state index < -0.39 is 0 Å². The van der Waals surface area contributed by atoms with Gasteiger partial charge in [-0.25, -0.2) is 4.98 Å². The molecule has 2 atom stereocenters. The molecule has 8 heteroatoms. The minimum atomic E-state index is -0.322.